The number of anilines is 1. The molecule has 20 heavy (non-hydrogen) atoms. The van der Waals surface area contributed by atoms with Crippen molar-refractivity contribution >= 4 is 5.69 Å². The Morgan fingerprint density at radius 1 is 1.40 bits per heavy atom. The van der Waals surface area contributed by atoms with E-state index in [4.69, 9.17) is 10.1 Å². The molecule has 0 aliphatic heterocycles. The number of rotatable bonds is 4. The van der Waals surface area contributed by atoms with Gasteiger partial charge in [0.15, 0.2) is 5.75 Å². The summed E-state index contributed by atoms with van der Waals surface area (Å²) >= 11 is 0. The highest BCUT2D eigenvalue weighted by molar-refractivity contribution is 5.53. The number of ether oxygens (including phenoxy) is 1. The van der Waals surface area contributed by atoms with Crippen LogP contribution in [0.2, 0.25) is 0 Å². The van der Waals surface area contributed by atoms with E-state index in [-0.39, 0.29) is 17.7 Å². The Bertz CT molecular complexity index is 703. The van der Waals surface area contributed by atoms with Crippen molar-refractivity contribution in [2.24, 2.45) is 0 Å². The second-order valence-corrected chi connectivity index (χ2v) is 4.32. The Labute approximate surface area is 116 Å². The topological polar surface area (TPSA) is 73.5 Å². The summed E-state index contributed by atoms with van der Waals surface area (Å²) in [5.41, 5.74) is 2.15. The van der Waals surface area contributed by atoms with Gasteiger partial charge in [-0.1, -0.05) is 18.2 Å². The Morgan fingerprint density at radius 3 is 2.75 bits per heavy atom. The predicted octanol–water partition coefficient (Wildman–Crippen LogP) is 2.47. The largest absolute Gasteiger partial charge is 0.491 e. The molecular formula is C14H15N4O2+. The van der Waals surface area contributed by atoms with Crippen molar-refractivity contribution in [1.29, 1.82) is 5.39 Å². The molecule has 0 atom stereocenters. The molecule has 2 rings (SSSR count). The van der Waals surface area contributed by atoms with E-state index in [1.807, 2.05) is 31.2 Å². The normalized spacial score (nSPS) is 9.85. The van der Waals surface area contributed by atoms with Gasteiger partial charge in [-0.2, -0.15) is 0 Å². The number of H-pyrrole nitrogens is 1. The number of pyridine rings is 1. The maximum atomic E-state index is 11.7. The van der Waals surface area contributed by atoms with Gasteiger partial charge in [0.2, 0.25) is 5.43 Å². The maximum Gasteiger partial charge on any atom is 0.311 e. The minimum atomic E-state index is -0.219. The lowest BCUT2D eigenvalue weighted by atomic mass is 10.2. The van der Waals surface area contributed by atoms with E-state index >= 15 is 0 Å². The van der Waals surface area contributed by atoms with Gasteiger partial charge >= 0.3 is 5.08 Å². The van der Waals surface area contributed by atoms with Gasteiger partial charge in [0.25, 0.3) is 5.39 Å². The van der Waals surface area contributed by atoms with E-state index < -0.39 is 0 Å². The van der Waals surface area contributed by atoms with E-state index in [0.717, 1.165) is 11.3 Å². The maximum absolute atomic E-state index is 11.7. The molecule has 0 radical (unpaired) electrons. The first-order valence-electron chi connectivity index (χ1n) is 6.09. The second-order valence-electron chi connectivity index (χ2n) is 4.32. The number of hydrogen-bond donors (Lipinski definition) is 1. The highest BCUT2D eigenvalue weighted by atomic mass is 16.5. The highest BCUT2D eigenvalue weighted by Crippen LogP contribution is 2.21. The van der Waals surface area contributed by atoms with E-state index in [9.17, 15) is 4.79 Å². The smallest absolute Gasteiger partial charge is 0.311 e. The summed E-state index contributed by atoms with van der Waals surface area (Å²) in [6.45, 7) is 2.17. The molecule has 1 aromatic heterocycles. The van der Waals surface area contributed by atoms with Gasteiger partial charge in [0.05, 0.1) is 7.11 Å². The predicted molar refractivity (Wildman–Crippen MR) is 76.1 cm³/mol. The van der Waals surface area contributed by atoms with Crippen LogP contribution in [-0.2, 0) is 6.54 Å². The van der Waals surface area contributed by atoms with Gasteiger partial charge in [-0.25, -0.2) is 0 Å². The average molecular weight is 271 g/mol. The molecule has 102 valence electrons. The SMILES string of the molecule is COc1c[nH]c(CN([N+]#N)c2ccccc2C)cc1=O. The van der Waals surface area contributed by atoms with Crippen LogP contribution in [0.1, 0.15) is 11.3 Å². The summed E-state index contributed by atoms with van der Waals surface area (Å²) in [4.78, 5) is 14.6. The van der Waals surface area contributed by atoms with Crippen LogP contribution < -0.4 is 15.2 Å². The van der Waals surface area contributed by atoms with Crippen LogP contribution in [0.25, 0.3) is 5.08 Å². The number of para-hydroxylation sites is 1. The standard InChI is InChI=1S/C14H14N4O2/c1-10-5-3-4-6-12(10)18(17-15)9-11-7-13(19)14(20-2)8-16-11/h3-8H,9H2,1-2H3/p+1. The van der Waals surface area contributed by atoms with Crippen molar-refractivity contribution in [1.82, 2.24) is 4.98 Å². The van der Waals surface area contributed by atoms with Crippen LogP contribution in [0.5, 0.6) is 5.75 Å². The van der Waals surface area contributed by atoms with Crippen LogP contribution >= 0.6 is 0 Å². The van der Waals surface area contributed by atoms with Crippen LogP contribution in [0.4, 0.5) is 5.69 Å². The first-order valence-corrected chi connectivity index (χ1v) is 6.09. The fourth-order valence-corrected chi connectivity index (χ4v) is 1.93. The number of aryl methyl sites for hydroxylation is 1. The van der Waals surface area contributed by atoms with Gasteiger partial charge in [-0.05, 0) is 18.6 Å². The number of nitrogens with zero attached hydrogens (tertiary/aromatic N) is 3. The third kappa shape index (κ3) is 2.78. The molecule has 6 heteroatoms. The lowest BCUT2D eigenvalue weighted by Crippen LogP contribution is -2.17. The summed E-state index contributed by atoms with van der Waals surface area (Å²) in [5.74, 6) is 0.247. The molecule has 0 fully saturated rings. The molecule has 2 aromatic rings. The zero-order valence-electron chi connectivity index (χ0n) is 11.3. The quantitative estimate of drug-likeness (QED) is 0.684. The number of aromatic amines is 1. The van der Waals surface area contributed by atoms with E-state index in [1.165, 1.54) is 24.4 Å². The molecule has 1 aromatic carbocycles. The molecule has 0 amide bonds. The van der Waals surface area contributed by atoms with E-state index in [2.05, 4.69) is 10.1 Å². The van der Waals surface area contributed by atoms with E-state index in [0.29, 0.717) is 5.69 Å². The first-order chi connectivity index (χ1) is 9.65. The Balaban J connectivity index is 2.28. The molecule has 0 bridgehead atoms. The lowest BCUT2D eigenvalue weighted by Gasteiger charge is -2.08. The molecule has 0 aliphatic carbocycles. The number of aromatic nitrogens is 1. The number of hydrogen-bond acceptors (Lipinski definition) is 4. The summed E-state index contributed by atoms with van der Waals surface area (Å²) in [6.07, 6.45) is 1.49. The fraction of sp³-hybridized carbons (Fsp3) is 0.214. The second kappa shape index (κ2) is 5.89. The Kier molecular flexibility index (Phi) is 4.01. The van der Waals surface area contributed by atoms with Crippen molar-refractivity contribution in [2.45, 2.75) is 13.5 Å². The lowest BCUT2D eigenvalue weighted by molar-refractivity contribution is 0.408. The summed E-state index contributed by atoms with van der Waals surface area (Å²) in [6, 6.07) is 8.96. The summed E-state index contributed by atoms with van der Waals surface area (Å²) < 4.78 is 4.90. The molecule has 0 saturated heterocycles. The molecule has 0 aliphatic rings. The van der Waals surface area contributed by atoms with Gasteiger partial charge in [-0.3, -0.25) is 4.79 Å². The van der Waals surface area contributed by atoms with Gasteiger partial charge in [-0.15, -0.1) is 0 Å². The van der Waals surface area contributed by atoms with Crippen LogP contribution in [0.15, 0.2) is 41.3 Å². The van der Waals surface area contributed by atoms with Crippen LogP contribution in [-0.4, -0.2) is 12.1 Å². The number of benzene rings is 1. The number of nitrogens with one attached hydrogen (secondary N) is 1. The van der Waals surface area contributed by atoms with Gasteiger partial charge < -0.3 is 9.72 Å². The Morgan fingerprint density at radius 2 is 2.15 bits per heavy atom. The zero-order chi connectivity index (χ0) is 14.5. The zero-order valence-corrected chi connectivity index (χ0v) is 11.3. The fourth-order valence-electron chi connectivity index (χ4n) is 1.93. The van der Waals surface area contributed by atoms with Crippen molar-refractivity contribution in [2.75, 3.05) is 12.1 Å². The van der Waals surface area contributed by atoms with Crippen molar-refractivity contribution in [3.05, 3.63) is 63.1 Å². The number of diazo groups is 1. The van der Waals surface area contributed by atoms with Crippen molar-refractivity contribution < 1.29 is 4.74 Å². The summed E-state index contributed by atoms with van der Waals surface area (Å²) in [5, 5.41) is 13.8. The Hall–Kier alpha value is -2.81. The minimum Gasteiger partial charge on any atom is -0.491 e. The third-order valence-corrected chi connectivity index (χ3v) is 2.98. The van der Waals surface area contributed by atoms with Gasteiger partial charge in [0.1, 0.15) is 12.2 Å². The van der Waals surface area contributed by atoms with Gasteiger partial charge in [0, 0.05) is 23.0 Å². The van der Waals surface area contributed by atoms with Crippen molar-refractivity contribution in [3.8, 4) is 5.75 Å². The molecule has 1 heterocycles. The highest BCUT2D eigenvalue weighted by Gasteiger charge is 2.20. The monoisotopic (exact) mass is 271 g/mol. The first kappa shape index (κ1) is 13.6. The average Bonchev–Trinajstić information content (AvgIpc) is 2.46. The molecule has 0 unspecified atom stereocenters. The molecule has 0 spiro atoms. The molecule has 1 N–H and O–H groups in total. The molecule has 0 saturated carbocycles. The van der Waals surface area contributed by atoms with E-state index in [1.54, 1.807) is 0 Å². The minimum absolute atomic E-state index is 0.219. The van der Waals surface area contributed by atoms with Crippen LogP contribution in [0.3, 0.4) is 0 Å². The third-order valence-electron chi connectivity index (χ3n) is 2.98. The van der Waals surface area contributed by atoms with Crippen LogP contribution in [0, 0.1) is 12.3 Å². The summed E-state index contributed by atoms with van der Waals surface area (Å²) in [7, 11) is 1.44. The van der Waals surface area contributed by atoms with Crippen molar-refractivity contribution in [3.63, 3.8) is 0 Å². The molecular weight excluding hydrogens is 256 g/mol. The molecule has 6 nitrogen and oxygen atoms in total. The number of methoxy groups -OCH3 is 1.